The third kappa shape index (κ3) is 21.2. The van der Waals surface area contributed by atoms with Crippen molar-refractivity contribution in [3.05, 3.63) is 184 Å². The zero-order valence-corrected chi connectivity index (χ0v) is 58.7. The summed E-state index contributed by atoms with van der Waals surface area (Å²) in [5.41, 5.74) is 21.0. The number of likely N-dealkylation sites (N-methyl/N-ethyl adjacent to an activating group) is 2. The molecule has 2 aliphatic rings. The van der Waals surface area contributed by atoms with E-state index in [9.17, 15) is 30.4 Å². The number of phenols is 4. The molecule has 7 aromatic carbocycles. The number of nitrogens with one attached hydrogen (secondary N) is 1. The molecule has 10 aromatic rings. The Balaban J connectivity index is 0.000000177. The van der Waals surface area contributed by atoms with E-state index >= 15 is 0 Å². The summed E-state index contributed by atoms with van der Waals surface area (Å²) in [7, 11) is 4.30. The number of anilines is 4. The van der Waals surface area contributed by atoms with Gasteiger partial charge in [-0.05, 0) is 212 Å². The van der Waals surface area contributed by atoms with Crippen molar-refractivity contribution in [1.29, 1.82) is 0 Å². The lowest BCUT2D eigenvalue weighted by atomic mass is 10.2. The van der Waals surface area contributed by atoms with Crippen LogP contribution in [0, 0.1) is 73.5 Å². The van der Waals surface area contributed by atoms with Gasteiger partial charge in [0, 0.05) is 86.6 Å². The number of aromatic amines is 1. The predicted molar refractivity (Wildman–Crippen MR) is 381 cm³/mol. The molecule has 0 aliphatic carbocycles. The van der Waals surface area contributed by atoms with Gasteiger partial charge < -0.3 is 69.7 Å². The number of halogens is 7. The van der Waals surface area contributed by atoms with Gasteiger partial charge in [-0.3, -0.25) is 20.2 Å². The predicted octanol–water partition coefficient (Wildman–Crippen LogP) is 17.7. The number of oxazole rings is 3. The van der Waals surface area contributed by atoms with E-state index in [0.717, 1.165) is 139 Å². The molecule has 0 amide bonds. The zero-order valence-electron chi connectivity index (χ0n) is 52.6. The highest BCUT2D eigenvalue weighted by Crippen LogP contribution is 2.36. The zero-order chi connectivity index (χ0) is 69.6. The second-order valence-corrected chi connectivity index (χ2v) is 25.5. The molecule has 22 nitrogen and oxygen atoms in total. The minimum Gasteiger partial charge on any atom is -0.506 e. The van der Waals surface area contributed by atoms with E-state index in [1.165, 1.54) is 24.3 Å². The maximum Gasteiger partial charge on any atom is 0.312 e. The molecule has 3 aromatic heterocycles. The van der Waals surface area contributed by atoms with Crippen molar-refractivity contribution in [3.8, 4) is 23.0 Å². The monoisotopic (exact) mass is 1450 g/mol. The molecule has 0 bridgehead atoms. The number of nitro groups is 2. The first kappa shape index (κ1) is 75.3. The van der Waals surface area contributed by atoms with Crippen LogP contribution in [0.3, 0.4) is 0 Å². The number of aromatic hydroxyl groups is 4. The van der Waals surface area contributed by atoms with Gasteiger partial charge >= 0.3 is 11.4 Å². The Hall–Kier alpha value is -7.68. The summed E-state index contributed by atoms with van der Waals surface area (Å²) < 4.78 is 17.1. The Kier molecular flexibility index (Phi) is 27.4. The van der Waals surface area contributed by atoms with Gasteiger partial charge in [0.2, 0.25) is 0 Å². The van der Waals surface area contributed by atoms with E-state index in [4.69, 9.17) is 128 Å². The number of rotatable bonds is 4. The van der Waals surface area contributed by atoms with Crippen molar-refractivity contribution < 1.29 is 43.5 Å². The van der Waals surface area contributed by atoms with Gasteiger partial charge in [0.25, 0.3) is 16.9 Å². The maximum absolute atomic E-state index is 10.3. The van der Waals surface area contributed by atoms with Crippen LogP contribution in [-0.4, -0.2) is 121 Å². The second kappa shape index (κ2) is 34.1. The first-order chi connectivity index (χ1) is 44.2. The summed E-state index contributed by atoms with van der Waals surface area (Å²) in [6.45, 7) is 20.7. The lowest BCUT2D eigenvalue weighted by Crippen LogP contribution is -2.28. The molecule has 12 rings (SSSR count). The van der Waals surface area contributed by atoms with Crippen molar-refractivity contribution in [1.82, 2.24) is 24.8 Å². The molecule has 5 heterocycles. The number of benzene rings is 7. The Morgan fingerprint density at radius 3 is 1.13 bits per heavy atom. The number of phenolic OH excluding ortho intramolecular Hbond substituents is 4. The fourth-order valence-electron chi connectivity index (χ4n) is 9.46. The molecule has 0 unspecified atom stereocenters. The highest BCUT2D eigenvalue weighted by molar-refractivity contribution is 7.71. The van der Waals surface area contributed by atoms with E-state index in [2.05, 4.69) is 48.6 Å². The molecule has 9 N–H and O–H groups in total. The van der Waals surface area contributed by atoms with Gasteiger partial charge in [0.1, 0.15) is 22.5 Å². The summed E-state index contributed by atoms with van der Waals surface area (Å²) in [5, 5.41) is 61.0. The summed E-state index contributed by atoms with van der Waals surface area (Å²) >= 11 is 45.2. The van der Waals surface area contributed by atoms with Crippen LogP contribution < -0.4 is 21.3 Å². The van der Waals surface area contributed by atoms with Crippen molar-refractivity contribution in [2.24, 2.45) is 0 Å². The number of nitrogen functional groups attached to an aromatic ring is 2. The average Bonchev–Trinajstić information content (AvgIpc) is 1.66. The smallest absolute Gasteiger partial charge is 0.312 e. The van der Waals surface area contributed by atoms with Crippen LogP contribution in [0.1, 0.15) is 51.8 Å². The number of hydrogen-bond donors (Lipinski definition) is 7. The lowest BCUT2D eigenvalue weighted by Gasteiger charge is -2.17. The number of nitrogens with zero attached hydrogens (tertiary/aromatic N) is 8. The SMILES string of the molecule is Cc1cc(Cl)cc(N)c1O.Cc1cc(Cl)cc(N)c1O.Cc1cc(Cl)cc([N+](=O)[O-])c1O.Cc1cc(Cl)cc([N+](=O)[O-])c1O.Cc1cc(Cl)cc2[nH]c(=S)oc12.Cc1cc(Cl)cc2nc(N3CCCN(C)CC3)oc12.Cc1cc(Cl)cc2nc(N3CCCN(C)CC3)oc12. The highest BCUT2D eigenvalue weighted by atomic mass is 35.5. The van der Waals surface area contributed by atoms with Gasteiger partial charge in [-0.15, -0.1) is 0 Å². The Bertz CT molecular complexity index is 4120. The van der Waals surface area contributed by atoms with Crippen LogP contribution in [0.5, 0.6) is 23.0 Å². The third-order valence-corrected chi connectivity index (χ3v) is 16.1. The Morgan fingerprint density at radius 1 is 0.447 bits per heavy atom. The fourth-order valence-corrected chi connectivity index (χ4v) is 11.6. The summed E-state index contributed by atoms with van der Waals surface area (Å²) in [4.78, 5) is 40.8. The Morgan fingerprint density at radius 2 is 0.766 bits per heavy atom. The number of nitro benzene ring substituents is 2. The molecular formula is C64H70Cl7N11O11S. The van der Waals surface area contributed by atoms with Gasteiger partial charge in [-0.25, -0.2) is 0 Å². The summed E-state index contributed by atoms with van der Waals surface area (Å²) in [6, 6.07) is 24.1. The van der Waals surface area contributed by atoms with Gasteiger partial charge in [0.15, 0.2) is 28.2 Å². The first-order valence-corrected chi connectivity index (χ1v) is 31.8. The quantitative estimate of drug-likeness (QED) is 0.0283. The van der Waals surface area contributed by atoms with E-state index < -0.39 is 9.85 Å². The normalized spacial score (nSPS) is 13.2. The van der Waals surface area contributed by atoms with Gasteiger partial charge in [-0.1, -0.05) is 81.2 Å². The number of fused-ring (bicyclic) bond motifs is 3. The molecule has 30 heteroatoms. The van der Waals surface area contributed by atoms with Crippen molar-refractivity contribution in [2.45, 2.75) is 61.3 Å². The molecule has 2 aliphatic heterocycles. The van der Waals surface area contributed by atoms with Gasteiger partial charge in [0.05, 0.1) is 26.7 Å². The van der Waals surface area contributed by atoms with Crippen LogP contribution in [0.15, 0.2) is 98.2 Å². The first-order valence-electron chi connectivity index (χ1n) is 28.7. The largest absolute Gasteiger partial charge is 0.506 e. The topological polar surface area (TPSA) is 313 Å². The molecule has 0 atom stereocenters. The molecule has 0 radical (unpaired) electrons. The molecule has 94 heavy (non-hydrogen) atoms. The van der Waals surface area contributed by atoms with Crippen LogP contribution in [-0.2, 0) is 0 Å². The van der Waals surface area contributed by atoms with Crippen molar-refractivity contribution in [3.63, 3.8) is 0 Å². The number of H-pyrrole nitrogens is 1. The molecule has 2 fully saturated rings. The standard InChI is InChI=1S/2C14H18ClN3O.C8H6ClNOS.2C7H6ClNO3.2C7H8ClNO/c2*1-10-8-11(15)9-12-13(10)19-14(16-12)18-5-3-4-17(2)6-7-18;1-4-2-5(9)3-6-7(4)11-8(12)10-6;2*1-4-2-5(8)3-6(7(4)10)9(11)12;2*1-4-2-5(8)3-6(9)7(4)10/h2*8-9H,3-7H2,1-2H3;2-3H,1H3,(H,10,12);2*2-3,10H,1H3;2*2-3,10H,9H2,1H3. The minimum absolute atomic E-state index is 0.115. The number of hydrogen-bond acceptors (Lipinski definition) is 20. The van der Waals surface area contributed by atoms with Gasteiger partial charge in [-0.2, -0.15) is 9.97 Å². The van der Waals surface area contributed by atoms with Crippen molar-refractivity contribution >= 4 is 162 Å². The number of aryl methyl sites for hydroxylation is 7. The Labute approximate surface area is 582 Å². The average molecular weight is 1450 g/mol. The molecule has 0 spiro atoms. The van der Waals surface area contributed by atoms with E-state index in [1.807, 2.05) is 51.1 Å². The van der Waals surface area contributed by atoms with E-state index in [1.54, 1.807) is 45.9 Å². The number of aromatic nitrogens is 3. The maximum atomic E-state index is 10.3. The minimum atomic E-state index is -0.672. The molecule has 2 saturated heterocycles. The third-order valence-electron chi connectivity index (χ3n) is 14.4. The van der Waals surface area contributed by atoms with Crippen LogP contribution >= 0.6 is 93.4 Å². The molecular weight excluding hydrogens is 1380 g/mol. The molecule has 502 valence electrons. The number of nitrogens with two attached hydrogens (primary N) is 2. The lowest BCUT2D eigenvalue weighted by molar-refractivity contribution is -0.386. The highest BCUT2D eigenvalue weighted by Gasteiger charge is 2.22. The van der Waals surface area contributed by atoms with E-state index in [-0.39, 0.29) is 44.4 Å². The van der Waals surface area contributed by atoms with Crippen LogP contribution in [0.4, 0.5) is 34.8 Å². The van der Waals surface area contributed by atoms with E-state index in [0.29, 0.717) is 63.6 Å². The van der Waals surface area contributed by atoms with Crippen LogP contribution in [0.25, 0.3) is 33.3 Å². The summed E-state index contributed by atoms with van der Waals surface area (Å²) in [5.74, 6) is -0.428. The molecule has 0 saturated carbocycles. The van der Waals surface area contributed by atoms with Crippen LogP contribution in [0.2, 0.25) is 35.2 Å². The summed E-state index contributed by atoms with van der Waals surface area (Å²) in [6.07, 6.45) is 2.27. The fraction of sp³-hybridized carbons (Fsp3) is 0.297. The second-order valence-electron chi connectivity index (χ2n) is 22.1. The van der Waals surface area contributed by atoms with Crippen molar-refractivity contribution in [2.75, 3.05) is 87.7 Å².